The number of carbonyl (C=O) groups excluding carboxylic acids is 1. The van der Waals surface area contributed by atoms with Crippen LogP contribution in [-0.4, -0.2) is 48.7 Å². The van der Waals surface area contributed by atoms with Crippen LogP contribution < -0.4 is 5.32 Å². The Hall–Kier alpha value is -0.610. The van der Waals surface area contributed by atoms with Crippen molar-refractivity contribution in [2.45, 2.75) is 57.0 Å². The highest BCUT2D eigenvalue weighted by Gasteiger charge is 2.47. The van der Waals surface area contributed by atoms with Crippen LogP contribution in [0.2, 0.25) is 0 Å². The summed E-state index contributed by atoms with van der Waals surface area (Å²) < 4.78 is 5.37. The smallest absolute Gasteiger partial charge is 0.326 e. The topological polar surface area (TPSA) is 41.6 Å². The van der Waals surface area contributed by atoms with E-state index in [0.717, 1.165) is 31.8 Å². The first kappa shape index (κ1) is 13.4. The number of piperidine rings is 1. The Morgan fingerprint density at radius 3 is 2.95 bits per heavy atom. The fourth-order valence-electron chi connectivity index (χ4n) is 3.61. The maximum absolute atomic E-state index is 12.4. The number of hydrogen-bond donors (Lipinski definition) is 1. The van der Waals surface area contributed by atoms with Crippen LogP contribution in [0.4, 0.5) is 0 Å². The maximum Gasteiger partial charge on any atom is 0.326 e. The molecule has 1 aliphatic carbocycles. The summed E-state index contributed by atoms with van der Waals surface area (Å²) in [5.74, 6) is 0.787. The minimum absolute atomic E-state index is 0.0119. The normalized spacial score (nSPS) is 35.1. The van der Waals surface area contributed by atoms with Gasteiger partial charge in [-0.05, 0) is 64.5 Å². The minimum Gasteiger partial charge on any atom is -0.465 e. The molecule has 0 aromatic heterocycles. The Labute approximate surface area is 115 Å². The van der Waals surface area contributed by atoms with Crippen LogP contribution in [0.3, 0.4) is 0 Å². The van der Waals surface area contributed by atoms with Crippen molar-refractivity contribution < 1.29 is 9.53 Å². The molecule has 2 unspecified atom stereocenters. The highest BCUT2D eigenvalue weighted by atomic mass is 16.5. The van der Waals surface area contributed by atoms with Gasteiger partial charge in [0.2, 0.25) is 0 Å². The molecule has 4 heteroatoms. The number of nitrogens with zero attached hydrogens (tertiary/aromatic N) is 1. The van der Waals surface area contributed by atoms with E-state index in [0.29, 0.717) is 12.6 Å². The van der Waals surface area contributed by atoms with Gasteiger partial charge in [-0.3, -0.25) is 4.79 Å². The molecule has 0 radical (unpaired) electrons. The van der Waals surface area contributed by atoms with Gasteiger partial charge in [-0.15, -0.1) is 0 Å². The third-order valence-corrected chi connectivity index (χ3v) is 5.00. The predicted octanol–water partition coefficient (Wildman–Crippen LogP) is 1.55. The molecular weight excluding hydrogens is 240 g/mol. The molecule has 4 nitrogen and oxygen atoms in total. The summed E-state index contributed by atoms with van der Waals surface area (Å²) in [5, 5.41) is 3.59. The van der Waals surface area contributed by atoms with Crippen molar-refractivity contribution in [1.82, 2.24) is 10.2 Å². The van der Waals surface area contributed by atoms with E-state index in [1.807, 2.05) is 6.92 Å². The van der Waals surface area contributed by atoms with Gasteiger partial charge in [-0.1, -0.05) is 0 Å². The van der Waals surface area contributed by atoms with E-state index in [9.17, 15) is 4.79 Å². The zero-order valence-electron chi connectivity index (χ0n) is 12.0. The van der Waals surface area contributed by atoms with Gasteiger partial charge in [-0.2, -0.15) is 0 Å². The van der Waals surface area contributed by atoms with E-state index in [4.69, 9.17) is 4.74 Å². The molecule has 0 amide bonds. The molecule has 2 atom stereocenters. The molecule has 0 aromatic rings. The second-order valence-corrected chi connectivity index (χ2v) is 6.41. The number of nitrogens with one attached hydrogen (secondary N) is 1. The summed E-state index contributed by atoms with van der Waals surface area (Å²) in [7, 11) is 0. The molecule has 0 aromatic carbocycles. The van der Waals surface area contributed by atoms with Gasteiger partial charge in [-0.25, -0.2) is 0 Å². The average molecular weight is 266 g/mol. The molecule has 108 valence electrons. The van der Waals surface area contributed by atoms with Crippen molar-refractivity contribution >= 4 is 5.97 Å². The van der Waals surface area contributed by atoms with Gasteiger partial charge in [0.25, 0.3) is 0 Å². The van der Waals surface area contributed by atoms with E-state index in [1.54, 1.807) is 0 Å². The summed E-state index contributed by atoms with van der Waals surface area (Å²) in [4.78, 5) is 15.0. The largest absolute Gasteiger partial charge is 0.465 e. The second kappa shape index (κ2) is 5.41. The van der Waals surface area contributed by atoms with Crippen LogP contribution in [-0.2, 0) is 9.53 Å². The van der Waals surface area contributed by atoms with E-state index in [-0.39, 0.29) is 5.97 Å². The lowest BCUT2D eigenvalue weighted by Gasteiger charge is -2.43. The molecule has 3 rings (SSSR count). The van der Waals surface area contributed by atoms with Gasteiger partial charge in [0, 0.05) is 12.6 Å². The minimum atomic E-state index is -0.399. The van der Waals surface area contributed by atoms with Crippen LogP contribution in [0.1, 0.15) is 45.4 Å². The summed E-state index contributed by atoms with van der Waals surface area (Å²) in [6, 6.07) is 0.588. The van der Waals surface area contributed by atoms with Crippen molar-refractivity contribution in [3.05, 3.63) is 0 Å². The number of ether oxygens (including phenoxy) is 1. The monoisotopic (exact) mass is 266 g/mol. The van der Waals surface area contributed by atoms with Crippen LogP contribution in [0.25, 0.3) is 0 Å². The number of esters is 1. The molecule has 0 spiro atoms. The first-order chi connectivity index (χ1) is 9.23. The van der Waals surface area contributed by atoms with E-state index in [2.05, 4.69) is 10.2 Å². The summed E-state index contributed by atoms with van der Waals surface area (Å²) in [5.41, 5.74) is -0.399. The van der Waals surface area contributed by atoms with Crippen molar-refractivity contribution in [1.29, 1.82) is 0 Å². The molecule has 2 saturated heterocycles. The second-order valence-electron chi connectivity index (χ2n) is 6.41. The summed E-state index contributed by atoms with van der Waals surface area (Å²) in [6.45, 7) is 5.64. The Kier molecular flexibility index (Phi) is 3.81. The lowest BCUT2D eigenvalue weighted by Crippen LogP contribution is -2.61. The van der Waals surface area contributed by atoms with E-state index >= 15 is 0 Å². The van der Waals surface area contributed by atoms with Gasteiger partial charge >= 0.3 is 5.97 Å². The first-order valence-corrected chi connectivity index (χ1v) is 7.90. The third kappa shape index (κ3) is 2.79. The van der Waals surface area contributed by atoms with Gasteiger partial charge in [0.1, 0.15) is 5.54 Å². The Morgan fingerprint density at radius 2 is 2.21 bits per heavy atom. The average Bonchev–Trinajstić information content (AvgIpc) is 3.13. The maximum atomic E-state index is 12.4. The lowest BCUT2D eigenvalue weighted by molar-refractivity contribution is -0.154. The highest BCUT2D eigenvalue weighted by Crippen LogP contribution is 2.35. The Morgan fingerprint density at radius 1 is 1.37 bits per heavy atom. The fourth-order valence-corrected chi connectivity index (χ4v) is 3.61. The lowest BCUT2D eigenvalue weighted by atomic mass is 9.83. The third-order valence-electron chi connectivity index (χ3n) is 5.00. The molecule has 2 heterocycles. The van der Waals surface area contributed by atoms with Gasteiger partial charge < -0.3 is 15.0 Å². The van der Waals surface area contributed by atoms with Gasteiger partial charge in [0.15, 0.2) is 0 Å². The summed E-state index contributed by atoms with van der Waals surface area (Å²) >= 11 is 0. The molecule has 19 heavy (non-hydrogen) atoms. The van der Waals surface area contributed by atoms with Crippen molar-refractivity contribution in [3.8, 4) is 0 Å². The fraction of sp³-hybridized carbons (Fsp3) is 0.933. The SMILES string of the molecule is CCOC(=O)C1(NCC2CC2)CCN2CCCC2C1. The zero-order valence-corrected chi connectivity index (χ0v) is 12.0. The highest BCUT2D eigenvalue weighted by molar-refractivity contribution is 5.81. The number of fused-ring (bicyclic) bond motifs is 1. The first-order valence-electron chi connectivity index (χ1n) is 7.90. The Bertz CT molecular complexity index is 343. The quantitative estimate of drug-likeness (QED) is 0.767. The molecule has 2 aliphatic heterocycles. The molecule has 3 fully saturated rings. The molecule has 3 aliphatic rings. The molecule has 1 saturated carbocycles. The van der Waals surface area contributed by atoms with Crippen molar-refractivity contribution in [2.75, 3.05) is 26.2 Å². The van der Waals surface area contributed by atoms with Crippen LogP contribution in [0, 0.1) is 5.92 Å². The standard InChI is InChI=1S/C15H26N2O2/c1-2-19-14(18)15(16-11-12-5-6-12)7-9-17-8-3-4-13(17)10-15/h12-13,16H,2-11H2,1H3. The number of carbonyl (C=O) groups is 1. The van der Waals surface area contributed by atoms with Gasteiger partial charge in [0.05, 0.1) is 6.61 Å². The molecular formula is C15H26N2O2. The van der Waals surface area contributed by atoms with E-state index < -0.39 is 5.54 Å². The molecule has 1 N–H and O–H groups in total. The zero-order chi connectivity index (χ0) is 13.3. The van der Waals surface area contributed by atoms with Crippen LogP contribution in [0.5, 0.6) is 0 Å². The Balaban J connectivity index is 1.69. The van der Waals surface area contributed by atoms with Crippen molar-refractivity contribution in [2.24, 2.45) is 5.92 Å². The predicted molar refractivity (Wildman–Crippen MR) is 73.9 cm³/mol. The van der Waals surface area contributed by atoms with E-state index in [1.165, 1.54) is 32.2 Å². The number of hydrogen-bond acceptors (Lipinski definition) is 4. The van der Waals surface area contributed by atoms with Crippen LogP contribution >= 0.6 is 0 Å². The summed E-state index contributed by atoms with van der Waals surface area (Å²) in [6.07, 6.45) is 7.02. The van der Waals surface area contributed by atoms with Crippen molar-refractivity contribution in [3.63, 3.8) is 0 Å². The number of rotatable bonds is 5. The molecule has 0 bridgehead atoms. The van der Waals surface area contributed by atoms with Crippen LogP contribution in [0.15, 0.2) is 0 Å².